The van der Waals surface area contributed by atoms with Gasteiger partial charge in [0.05, 0.1) is 52.6 Å². The molecule has 8 fully saturated rings. The lowest BCUT2D eigenvalue weighted by Gasteiger charge is -2.52. The highest BCUT2D eigenvalue weighted by molar-refractivity contribution is 5.81. The smallest absolute Gasteiger partial charge is 0.311 e. The number of nitrogens with one attached hydrogen (secondary N) is 2. The van der Waals surface area contributed by atoms with Crippen LogP contribution in [0.25, 0.3) is 21.8 Å². The zero-order valence-corrected chi connectivity index (χ0v) is 43.0. The molecule has 10 heteroatoms. The molecule has 4 aromatic rings. The summed E-state index contributed by atoms with van der Waals surface area (Å²) >= 11 is 0. The molecule has 3 N–H and O–H groups in total. The lowest BCUT2D eigenvalue weighted by molar-refractivity contribution is -0.160. The molecular weight excluding hydrogens is 861 g/mol. The van der Waals surface area contributed by atoms with E-state index in [2.05, 4.69) is 113 Å². The van der Waals surface area contributed by atoms with Crippen molar-refractivity contribution in [2.45, 2.75) is 206 Å². The minimum atomic E-state index is -0.599. The monoisotopic (exact) mass is 943 g/mol. The van der Waals surface area contributed by atoms with E-state index in [0.29, 0.717) is 23.0 Å². The zero-order valence-electron chi connectivity index (χ0n) is 43.0. The molecule has 10 nitrogen and oxygen atoms in total. The van der Waals surface area contributed by atoms with Crippen LogP contribution in [0.1, 0.15) is 181 Å². The van der Waals surface area contributed by atoms with E-state index >= 15 is 0 Å². The Hall–Kier alpha value is -4.28. The number of hydrogen-bond acceptors (Lipinski definition) is 9. The number of benzene rings is 2. The number of aliphatic carboxylic acids is 1. The van der Waals surface area contributed by atoms with Gasteiger partial charge in [0.15, 0.2) is 0 Å². The lowest BCUT2D eigenvalue weighted by atomic mass is 9.57. The molecule has 0 atom stereocenters. The fourth-order valence-electron chi connectivity index (χ4n) is 13.4. The fourth-order valence-corrected chi connectivity index (χ4v) is 13.4. The van der Waals surface area contributed by atoms with Crippen LogP contribution in [0.3, 0.4) is 0 Å². The maximum atomic E-state index is 12.3. The average Bonchev–Trinajstić information content (AvgIpc) is 3.36. The summed E-state index contributed by atoms with van der Waals surface area (Å²) < 4.78 is 17.8. The Morgan fingerprint density at radius 3 is 1.28 bits per heavy atom. The SMILES string of the molecule is CC(C)(C)C1CCC(Oc2ccc3nc(CNC45CCC(C(=O)O)(CC4)CC5)ccc3c2)CC1.COC(=O)C12CCC(NCc3ccc4cc(OC5CCC(C(C)(C)C)CC5)ccc4n3)(CC1)CC2. The minimum Gasteiger partial charge on any atom is -0.490 e. The average molecular weight is 943 g/mol. The highest BCUT2D eigenvalue weighted by Crippen LogP contribution is 2.54. The molecule has 8 aliphatic rings. The third-order valence-electron chi connectivity index (χ3n) is 18.7. The van der Waals surface area contributed by atoms with E-state index in [1.165, 1.54) is 32.8 Å². The number of methoxy groups -OCH3 is 1. The Morgan fingerprint density at radius 2 is 0.928 bits per heavy atom. The van der Waals surface area contributed by atoms with Crippen molar-refractivity contribution in [3.63, 3.8) is 0 Å². The van der Waals surface area contributed by atoms with Crippen LogP contribution >= 0.6 is 0 Å². The van der Waals surface area contributed by atoms with E-state index in [0.717, 1.165) is 172 Å². The van der Waals surface area contributed by atoms with Gasteiger partial charge in [-0.1, -0.05) is 53.7 Å². The molecule has 2 aromatic carbocycles. The van der Waals surface area contributed by atoms with Gasteiger partial charge in [-0.3, -0.25) is 19.6 Å². The zero-order chi connectivity index (χ0) is 48.7. The van der Waals surface area contributed by atoms with Crippen molar-refractivity contribution in [1.29, 1.82) is 0 Å². The quantitative estimate of drug-likeness (QED) is 0.118. The first-order valence-electron chi connectivity index (χ1n) is 26.8. The largest absolute Gasteiger partial charge is 0.490 e. The molecule has 0 spiro atoms. The second-order valence-corrected chi connectivity index (χ2v) is 24.9. The van der Waals surface area contributed by atoms with Gasteiger partial charge >= 0.3 is 11.9 Å². The van der Waals surface area contributed by atoms with Crippen LogP contribution in [0.4, 0.5) is 0 Å². The third kappa shape index (κ3) is 11.1. The van der Waals surface area contributed by atoms with Crippen molar-refractivity contribution in [3.8, 4) is 11.5 Å². The van der Waals surface area contributed by atoms with E-state index in [1.807, 2.05) is 0 Å². The molecule has 0 amide bonds. The topological polar surface area (TPSA) is 132 Å². The molecule has 0 aliphatic heterocycles. The summed E-state index contributed by atoms with van der Waals surface area (Å²) in [7, 11) is 1.52. The Kier molecular flexibility index (Phi) is 14.2. The molecule has 12 rings (SSSR count). The third-order valence-corrected chi connectivity index (χ3v) is 18.7. The van der Waals surface area contributed by atoms with Gasteiger partial charge < -0.3 is 30.0 Å². The number of esters is 1. The number of pyridine rings is 2. The lowest BCUT2D eigenvalue weighted by Crippen LogP contribution is -2.56. The summed E-state index contributed by atoms with van der Waals surface area (Å²) in [6.45, 7) is 15.6. The van der Waals surface area contributed by atoms with Gasteiger partial charge in [0.1, 0.15) is 11.5 Å². The van der Waals surface area contributed by atoms with Crippen LogP contribution in [0.5, 0.6) is 11.5 Å². The Bertz CT molecular complexity index is 2410. The molecule has 8 aliphatic carbocycles. The van der Waals surface area contributed by atoms with Crippen molar-refractivity contribution >= 4 is 33.7 Å². The van der Waals surface area contributed by atoms with E-state index < -0.39 is 11.4 Å². The number of carboxylic acids is 1. The predicted octanol–water partition coefficient (Wildman–Crippen LogP) is 13.1. The van der Waals surface area contributed by atoms with Crippen LogP contribution in [-0.2, 0) is 27.4 Å². The van der Waals surface area contributed by atoms with Crippen molar-refractivity contribution in [3.05, 3.63) is 72.1 Å². The van der Waals surface area contributed by atoms with Gasteiger partial charge in [0.2, 0.25) is 0 Å². The van der Waals surface area contributed by atoms with E-state index in [-0.39, 0.29) is 22.5 Å². The summed E-state index contributed by atoms with van der Waals surface area (Å²) in [5.41, 5.74) is 4.43. The first kappa shape index (κ1) is 49.7. The van der Waals surface area contributed by atoms with E-state index in [9.17, 15) is 14.7 Å². The van der Waals surface area contributed by atoms with E-state index in [1.54, 1.807) is 0 Å². The first-order chi connectivity index (χ1) is 32.9. The fraction of sp³-hybridized carbons (Fsp3) is 0.661. The number of fused-ring (bicyclic) bond motifs is 8. The minimum absolute atomic E-state index is 0.0112. The number of carbonyl (C=O) groups excluding carboxylic acids is 1. The predicted molar refractivity (Wildman–Crippen MR) is 274 cm³/mol. The van der Waals surface area contributed by atoms with Gasteiger partial charge in [-0.05, 0) is 200 Å². The summed E-state index contributed by atoms with van der Waals surface area (Å²) in [4.78, 5) is 33.8. The number of carbonyl (C=O) groups is 2. The van der Waals surface area contributed by atoms with Crippen molar-refractivity contribution in [2.75, 3.05) is 7.11 Å². The van der Waals surface area contributed by atoms with Gasteiger partial charge in [-0.2, -0.15) is 0 Å². The van der Waals surface area contributed by atoms with Crippen LogP contribution in [0.15, 0.2) is 60.7 Å². The number of rotatable bonds is 12. The second kappa shape index (κ2) is 19.7. The Labute approximate surface area is 412 Å². The standard InChI is InChI=1S/C30H42N2O3.C29H40N2O3/c1-28(2,3)22-6-9-24(10-7-22)35-25-11-12-26-21(19-25)5-8-23(32-26)20-31-30-16-13-29(14-17-30,15-18-30)27(33)34-4;1-27(2,3)21-5-8-23(9-6-21)34-24-10-11-25-20(18-24)4-7-22(31-25)19-30-29-15-12-28(13-16-29,14-17-29)26(32)33/h5,8,11-12,19,22,24,31H,6-7,9-10,13-18,20H2,1-4H3;4,7,10-11,18,21,23,30H,5-6,8-9,12-17,19H2,1-3H3,(H,32,33). The molecule has 8 saturated carbocycles. The maximum absolute atomic E-state index is 12.3. The van der Waals surface area contributed by atoms with Crippen molar-refractivity contribution < 1.29 is 28.9 Å². The number of ether oxygens (including phenoxy) is 3. The summed E-state index contributed by atoms with van der Waals surface area (Å²) in [6.07, 6.45) is 21.3. The normalized spacial score (nSPS) is 31.2. The van der Waals surface area contributed by atoms with Crippen LogP contribution in [0.2, 0.25) is 0 Å². The first-order valence-corrected chi connectivity index (χ1v) is 26.8. The van der Waals surface area contributed by atoms with Crippen molar-refractivity contribution in [2.24, 2.45) is 33.5 Å². The second-order valence-electron chi connectivity index (χ2n) is 24.9. The Balaban J connectivity index is 0.000000172. The molecule has 0 unspecified atom stereocenters. The highest BCUT2D eigenvalue weighted by atomic mass is 16.5. The summed E-state index contributed by atoms with van der Waals surface area (Å²) in [5, 5.41) is 19.4. The van der Waals surface area contributed by atoms with Gasteiger partial charge in [0, 0.05) is 34.9 Å². The molecule has 0 radical (unpaired) electrons. The van der Waals surface area contributed by atoms with Crippen LogP contribution in [-0.4, -0.2) is 57.4 Å². The molecule has 69 heavy (non-hydrogen) atoms. The van der Waals surface area contributed by atoms with Gasteiger partial charge in [-0.25, -0.2) is 0 Å². The highest BCUT2D eigenvalue weighted by Gasteiger charge is 2.54. The number of hydrogen-bond donors (Lipinski definition) is 3. The number of aromatic nitrogens is 2. The summed E-state index contributed by atoms with van der Waals surface area (Å²) in [5.74, 6) is 2.89. The van der Waals surface area contributed by atoms with Crippen LogP contribution in [0, 0.1) is 33.5 Å². The number of nitrogens with zero attached hydrogens (tertiary/aromatic N) is 2. The number of carboxylic acid groups (broad SMARTS) is 1. The molecule has 374 valence electrons. The summed E-state index contributed by atoms with van der Waals surface area (Å²) in [6, 6.07) is 21.2. The molecular formula is C59H82N4O6. The maximum Gasteiger partial charge on any atom is 0.311 e. The van der Waals surface area contributed by atoms with Gasteiger partial charge in [0.25, 0.3) is 0 Å². The van der Waals surface area contributed by atoms with E-state index in [4.69, 9.17) is 24.2 Å². The Morgan fingerprint density at radius 1 is 0.551 bits per heavy atom. The van der Waals surface area contributed by atoms with Crippen molar-refractivity contribution in [1.82, 2.24) is 20.6 Å². The molecule has 2 aromatic heterocycles. The molecule has 4 bridgehead atoms. The molecule has 0 saturated heterocycles. The van der Waals surface area contributed by atoms with Gasteiger partial charge in [-0.15, -0.1) is 0 Å². The van der Waals surface area contributed by atoms with Crippen LogP contribution < -0.4 is 20.1 Å². The molecule has 2 heterocycles.